The topological polar surface area (TPSA) is 9.23 Å². The molecule has 1 rings (SSSR count). The molecule has 1 aliphatic rings. The van der Waals surface area contributed by atoms with Gasteiger partial charge in [-0.05, 0) is 25.7 Å². The van der Waals surface area contributed by atoms with Gasteiger partial charge in [0.1, 0.15) is 0 Å². The van der Waals surface area contributed by atoms with Gasteiger partial charge in [0.15, 0.2) is 7.35 Å². The van der Waals surface area contributed by atoms with E-state index in [1.54, 1.807) is 0 Å². The van der Waals surface area contributed by atoms with Crippen LogP contribution < -0.4 is 0 Å². The third-order valence-electron chi connectivity index (χ3n) is 4.12. The molecule has 1 fully saturated rings. The first-order valence-electron chi connectivity index (χ1n) is 6.42. The summed E-state index contributed by atoms with van der Waals surface area (Å²) in [4.78, 5) is 0. The van der Waals surface area contributed by atoms with Crippen LogP contribution in [0, 0.1) is 31.6 Å². The van der Waals surface area contributed by atoms with E-state index in [4.69, 9.17) is 4.43 Å². The lowest BCUT2D eigenvalue weighted by atomic mass is 10.1. The van der Waals surface area contributed by atoms with Crippen molar-refractivity contribution >= 4 is 22.5 Å². The van der Waals surface area contributed by atoms with Crippen LogP contribution in [-0.4, -0.2) is 29.1 Å². The van der Waals surface area contributed by atoms with Crippen molar-refractivity contribution in [1.29, 1.82) is 0 Å². The first kappa shape index (κ1) is 15.7. The summed E-state index contributed by atoms with van der Waals surface area (Å²) < 4.78 is 6.57. The zero-order chi connectivity index (χ0) is 13.3. The summed E-state index contributed by atoms with van der Waals surface area (Å²) in [7, 11) is -3.93. The van der Waals surface area contributed by atoms with Gasteiger partial charge in [-0.1, -0.05) is 45.8 Å². The van der Waals surface area contributed by atoms with Crippen LogP contribution in [-0.2, 0) is 4.43 Å². The van der Waals surface area contributed by atoms with Crippen molar-refractivity contribution in [2.75, 3.05) is 6.61 Å². The number of hydrogen-bond acceptors (Lipinski definition) is 1. The quantitative estimate of drug-likeness (QED) is 0.697. The lowest BCUT2D eigenvalue weighted by molar-refractivity contribution is 0.347. The van der Waals surface area contributed by atoms with Crippen LogP contribution in [0.2, 0.25) is 45.8 Å². The zero-order valence-corrected chi connectivity index (χ0v) is 15.4. The van der Waals surface area contributed by atoms with Crippen molar-refractivity contribution in [2.45, 2.75) is 45.8 Å². The minimum atomic E-state index is -1.53. The number of rotatable bonds is 5. The summed E-state index contributed by atoms with van der Waals surface area (Å²) >= 11 is 0. The van der Waals surface area contributed by atoms with Gasteiger partial charge >= 0.3 is 0 Å². The van der Waals surface area contributed by atoms with E-state index in [2.05, 4.69) is 71.5 Å². The van der Waals surface area contributed by atoms with Gasteiger partial charge in [0, 0.05) is 12.5 Å². The first-order valence-corrected chi connectivity index (χ1v) is 17.8. The minimum absolute atomic E-state index is 0.824. The van der Waals surface area contributed by atoms with Gasteiger partial charge < -0.3 is 4.43 Å². The van der Waals surface area contributed by atoms with Crippen LogP contribution in [0.1, 0.15) is 0 Å². The largest absolute Gasteiger partial charge is 0.422 e. The summed E-state index contributed by atoms with van der Waals surface area (Å²) in [5, 5.41) is 0. The molecular weight excluding hydrogens is 256 g/mol. The monoisotopic (exact) mass is 283 g/mol. The van der Waals surface area contributed by atoms with Crippen LogP contribution in [0.4, 0.5) is 0 Å². The lowest BCUT2D eigenvalue weighted by Gasteiger charge is -2.47. The van der Waals surface area contributed by atoms with Crippen LogP contribution in [0.25, 0.3) is 0 Å². The fourth-order valence-electron chi connectivity index (χ4n) is 2.30. The normalized spacial score (nSPS) is 19.9. The molecule has 0 aliphatic heterocycles. The summed E-state index contributed by atoms with van der Waals surface area (Å²) in [6.07, 6.45) is 8.54. The van der Waals surface area contributed by atoms with Crippen molar-refractivity contribution in [1.82, 2.24) is 0 Å². The van der Waals surface area contributed by atoms with Gasteiger partial charge in [-0.3, -0.25) is 0 Å². The molecule has 1 saturated carbocycles. The first-order chi connectivity index (χ1) is 7.58. The molecule has 4 heteroatoms. The van der Waals surface area contributed by atoms with Gasteiger partial charge in [-0.15, -0.1) is 0 Å². The molecule has 0 spiro atoms. The molecule has 97 valence electrons. The van der Waals surface area contributed by atoms with Gasteiger partial charge in [-0.2, -0.15) is 0 Å². The maximum absolute atomic E-state index is 6.57. The molecule has 1 nitrogen and oxygen atoms in total. The van der Waals surface area contributed by atoms with Crippen molar-refractivity contribution in [3.63, 3.8) is 0 Å². The van der Waals surface area contributed by atoms with Gasteiger partial charge in [0.05, 0.1) is 15.2 Å². The second-order valence-corrected chi connectivity index (χ2v) is 34.7. The lowest BCUT2D eigenvalue weighted by Crippen LogP contribution is -2.71. The fraction of sp³-hybridized carbons (Fsp3) is 0.615. The van der Waals surface area contributed by atoms with Crippen LogP contribution in [0.15, 0.2) is 0 Å². The molecule has 0 N–H and O–H groups in total. The predicted octanol–water partition coefficient (Wildman–Crippen LogP) is 3.82. The Balaban J connectivity index is 2.71. The fourth-order valence-corrected chi connectivity index (χ4v) is 35.9. The Hall–Kier alpha value is 0.611. The molecule has 0 aromatic heterocycles. The third-order valence-corrected chi connectivity index (χ3v) is 42.1. The van der Waals surface area contributed by atoms with E-state index in [0.717, 1.165) is 6.61 Å². The molecule has 0 saturated heterocycles. The number of hydrogen-bond donors (Lipinski definition) is 0. The smallest absolute Gasteiger partial charge is 0.165 e. The standard InChI is InChI=1S/C13H27OSi3/c1-15(2,3)17(7,16(4,5)6)14-12-13-10-8-9-11-13/h8-11H,12H2,1-7H3. The van der Waals surface area contributed by atoms with E-state index in [1.807, 2.05) is 0 Å². The third kappa shape index (κ3) is 3.55. The highest BCUT2D eigenvalue weighted by molar-refractivity contribution is 7.66. The van der Waals surface area contributed by atoms with Crippen LogP contribution in [0.5, 0.6) is 0 Å². The Bertz CT molecular complexity index is 232. The molecule has 17 heavy (non-hydrogen) atoms. The second-order valence-electron chi connectivity index (χ2n) is 7.12. The SMILES string of the molecule is C[Si](C)(C)[Si](C)(OC[C]1[CH][CH][CH][CH]1)[Si](C)(C)C. The molecule has 0 bridgehead atoms. The van der Waals surface area contributed by atoms with E-state index < -0.39 is 22.5 Å². The van der Waals surface area contributed by atoms with Crippen molar-refractivity contribution < 1.29 is 4.43 Å². The van der Waals surface area contributed by atoms with E-state index in [9.17, 15) is 0 Å². The van der Waals surface area contributed by atoms with Crippen molar-refractivity contribution in [3.05, 3.63) is 31.6 Å². The maximum Gasteiger partial charge on any atom is 0.165 e. The van der Waals surface area contributed by atoms with E-state index >= 15 is 0 Å². The van der Waals surface area contributed by atoms with Gasteiger partial charge in [0.2, 0.25) is 0 Å². The van der Waals surface area contributed by atoms with Gasteiger partial charge in [-0.25, -0.2) is 0 Å². The molecule has 0 heterocycles. The Morgan fingerprint density at radius 3 is 1.59 bits per heavy atom. The average Bonchev–Trinajstić information content (AvgIpc) is 2.62. The van der Waals surface area contributed by atoms with Crippen LogP contribution >= 0.6 is 0 Å². The highest BCUT2D eigenvalue weighted by Crippen LogP contribution is 2.32. The summed E-state index contributed by atoms with van der Waals surface area (Å²) in [6, 6.07) is 0. The molecule has 1 aliphatic carbocycles. The molecule has 0 aromatic carbocycles. The Morgan fingerprint density at radius 1 is 0.824 bits per heavy atom. The van der Waals surface area contributed by atoms with Crippen molar-refractivity contribution in [3.8, 4) is 0 Å². The van der Waals surface area contributed by atoms with Gasteiger partial charge in [0.25, 0.3) is 0 Å². The Labute approximate surface area is 111 Å². The zero-order valence-electron chi connectivity index (χ0n) is 12.4. The predicted molar refractivity (Wildman–Crippen MR) is 84.7 cm³/mol. The highest BCUT2D eigenvalue weighted by atomic mass is 29.7. The summed E-state index contributed by atoms with van der Waals surface area (Å²) in [6.45, 7) is 18.2. The molecule has 0 atom stereocenters. The second kappa shape index (κ2) is 5.31. The molecule has 0 unspecified atom stereocenters. The maximum atomic E-state index is 6.57. The molecular formula is C13H27OSi3. The van der Waals surface area contributed by atoms with Crippen LogP contribution in [0.3, 0.4) is 0 Å². The highest BCUT2D eigenvalue weighted by Gasteiger charge is 2.53. The summed E-state index contributed by atoms with van der Waals surface area (Å²) in [5.74, 6) is 1.33. The Kier molecular flexibility index (Phi) is 4.89. The molecule has 0 aromatic rings. The minimum Gasteiger partial charge on any atom is -0.422 e. The average molecular weight is 284 g/mol. The molecule has 5 radical (unpaired) electrons. The van der Waals surface area contributed by atoms with E-state index in [0.29, 0.717) is 0 Å². The van der Waals surface area contributed by atoms with E-state index in [1.165, 1.54) is 5.92 Å². The van der Waals surface area contributed by atoms with Crippen molar-refractivity contribution in [2.24, 2.45) is 0 Å². The summed E-state index contributed by atoms with van der Waals surface area (Å²) in [5.41, 5.74) is 0. The Morgan fingerprint density at radius 2 is 1.24 bits per heavy atom. The molecule has 0 amide bonds. The van der Waals surface area contributed by atoms with E-state index in [-0.39, 0.29) is 0 Å².